The first-order valence-electron chi connectivity index (χ1n) is 6.67. The number of carbonyl (C=O) groups is 2. The van der Waals surface area contributed by atoms with Gasteiger partial charge in [0.2, 0.25) is 11.6 Å². The van der Waals surface area contributed by atoms with Crippen molar-refractivity contribution in [2.24, 2.45) is 0 Å². The maximum Gasteiger partial charge on any atom is 0.523 e. The van der Waals surface area contributed by atoms with Gasteiger partial charge in [-0.15, -0.1) is 0 Å². The SMILES string of the molecule is O=C1c2ccccc2C(=O)C1OC(F)(F)C(F)(F)COS(=O)(=O)C(F)(F)F. The zero-order valence-electron chi connectivity index (χ0n) is 12.6. The molecule has 0 N–H and O–H groups in total. The first-order valence-corrected chi connectivity index (χ1v) is 8.08. The highest BCUT2D eigenvalue weighted by Gasteiger charge is 2.63. The lowest BCUT2D eigenvalue weighted by molar-refractivity contribution is -0.354. The molecule has 0 radical (unpaired) electrons. The Bertz CT molecular complexity index is 842. The number of alkyl halides is 7. The summed E-state index contributed by atoms with van der Waals surface area (Å²) in [6.45, 7) is -2.94. The fraction of sp³-hybridized carbons (Fsp3) is 0.385. The Morgan fingerprint density at radius 2 is 1.33 bits per heavy atom. The highest BCUT2D eigenvalue weighted by atomic mass is 32.2. The van der Waals surface area contributed by atoms with Gasteiger partial charge in [0.1, 0.15) is 6.61 Å². The summed E-state index contributed by atoms with van der Waals surface area (Å²) in [4.78, 5) is 23.7. The van der Waals surface area contributed by atoms with Crippen LogP contribution < -0.4 is 0 Å². The Kier molecular flexibility index (Phi) is 5.13. The minimum atomic E-state index is -6.59. The third-order valence-corrected chi connectivity index (χ3v) is 4.30. The van der Waals surface area contributed by atoms with Crippen molar-refractivity contribution in [1.29, 1.82) is 0 Å². The molecule has 150 valence electrons. The van der Waals surface area contributed by atoms with Crippen LogP contribution in [0.4, 0.5) is 30.7 Å². The van der Waals surface area contributed by atoms with Crippen LogP contribution in [0.25, 0.3) is 0 Å². The molecule has 0 spiro atoms. The van der Waals surface area contributed by atoms with Gasteiger partial charge >= 0.3 is 27.7 Å². The van der Waals surface area contributed by atoms with E-state index in [-0.39, 0.29) is 11.1 Å². The van der Waals surface area contributed by atoms with E-state index in [4.69, 9.17) is 0 Å². The van der Waals surface area contributed by atoms with Gasteiger partial charge < -0.3 is 0 Å². The van der Waals surface area contributed by atoms with E-state index in [9.17, 15) is 48.7 Å². The van der Waals surface area contributed by atoms with E-state index in [1.54, 1.807) is 0 Å². The second-order valence-corrected chi connectivity index (χ2v) is 6.76. The summed E-state index contributed by atoms with van der Waals surface area (Å²) in [6, 6.07) is 4.62. The predicted molar refractivity (Wildman–Crippen MR) is 70.8 cm³/mol. The molecule has 0 aromatic heterocycles. The second kappa shape index (κ2) is 6.53. The number of hydrogen-bond donors (Lipinski definition) is 0. The van der Waals surface area contributed by atoms with Crippen LogP contribution in [0.15, 0.2) is 24.3 Å². The Labute approximate surface area is 146 Å². The lowest BCUT2D eigenvalue weighted by atomic mass is 10.1. The Morgan fingerprint density at radius 3 is 1.74 bits per heavy atom. The van der Waals surface area contributed by atoms with E-state index in [1.165, 1.54) is 12.1 Å². The molecule has 0 heterocycles. The number of halogens is 7. The van der Waals surface area contributed by atoms with Crippen LogP contribution in [-0.2, 0) is 19.0 Å². The predicted octanol–water partition coefficient (Wildman–Crippen LogP) is 2.55. The zero-order valence-corrected chi connectivity index (χ0v) is 13.4. The van der Waals surface area contributed by atoms with E-state index >= 15 is 0 Å². The van der Waals surface area contributed by atoms with Gasteiger partial charge in [0.25, 0.3) is 0 Å². The lowest BCUT2D eigenvalue weighted by Crippen LogP contribution is -2.50. The van der Waals surface area contributed by atoms with Crippen molar-refractivity contribution in [3.8, 4) is 0 Å². The molecule has 1 aromatic rings. The van der Waals surface area contributed by atoms with Crippen LogP contribution in [-0.4, -0.2) is 50.2 Å². The van der Waals surface area contributed by atoms with Gasteiger partial charge in [0.15, 0.2) is 6.10 Å². The smallest absolute Gasteiger partial charge is 0.295 e. The first kappa shape index (κ1) is 21.2. The molecule has 1 aromatic carbocycles. The average Bonchev–Trinajstić information content (AvgIpc) is 2.77. The number of benzene rings is 1. The second-order valence-electron chi connectivity index (χ2n) is 5.16. The Morgan fingerprint density at radius 1 is 0.889 bits per heavy atom. The zero-order chi connectivity index (χ0) is 20.8. The van der Waals surface area contributed by atoms with Gasteiger partial charge in [-0.25, -0.2) is 0 Å². The van der Waals surface area contributed by atoms with Crippen LogP contribution in [0.5, 0.6) is 0 Å². The van der Waals surface area contributed by atoms with Crippen LogP contribution >= 0.6 is 0 Å². The molecule has 27 heavy (non-hydrogen) atoms. The Hall–Kier alpha value is -2.06. The van der Waals surface area contributed by atoms with Crippen LogP contribution in [0.1, 0.15) is 20.7 Å². The molecule has 0 amide bonds. The van der Waals surface area contributed by atoms with Gasteiger partial charge in [0.05, 0.1) is 0 Å². The molecule has 0 atom stereocenters. The molecule has 1 aliphatic rings. The van der Waals surface area contributed by atoms with Crippen molar-refractivity contribution in [3.05, 3.63) is 35.4 Å². The number of hydrogen-bond acceptors (Lipinski definition) is 6. The molecule has 1 aliphatic carbocycles. The third-order valence-electron chi connectivity index (χ3n) is 3.30. The van der Waals surface area contributed by atoms with Crippen LogP contribution in [0.3, 0.4) is 0 Å². The fourth-order valence-electron chi connectivity index (χ4n) is 1.96. The molecular formula is C13H7F7O6S. The number of carbonyl (C=O) groups excluding carboxylic acids is 2. The number of ketones is 2. The molecule has 0 aliphatic heterocycles. The van der Waals surface area contributed by atoms with Crippen molar-refractivity contribution in [1.82, 2.24) is 0 Å². The van der Waals surface area contributed by atoms with E-state index in [2.05, 4.69) is 8.92 Å². The van der Waals surface area contributed by atoms with Crippen LogP contribution in [0.2, 0.25) is 0 Å². The van der Waals surface area contributed by atoms with E-state index in [0.29, 0.717) is 0 Å². The lowest BCUT2D eigenvalue weighted by Gasteiger charge is -2.27. The summed E-state index contributed by atoms with van der Waals surface area (Å²) in [6.07, 6.45) is -8.38. The molecule has 0 saturated carbocycles. The highest BCUT2D eigenvalue weighted by molar-refractivity contribution is 7.87. The maximum atomic E-state index is 13.7. The average molecular weight is 424 g/mol. The Balaban J connectivity index is 2.18. The largest absolute Gasteiger partial charge is 0.523 e. The van der Waals surface area contributed by atoms with Gasteiger partial charge in [-0.2, -0.15) is 39.2 Å². The highest BCUT2D eigenvalue weighted by Crippen LogP contribution is 2.40. The minimum Gasteiger partial charge on any atom is -0.295 e. The summed E-state index contributed by atoms with van der Waals surface area (Å²) in [5.41, 5.74) is -6.87. The monoisotopic (exact) mass is 424 g/mol. The summed E-state index contributed by atoms with van der Waals surface area (Å²) >= 11 is 0. The van der Waals surface area contributed by atoms with Gasteiger partial charge in [-0.1, -0.05) is 24.3 Å². The van der Waals surface area contributed by atoms with Crippen molar-refractivity contribution in [2.75, 3.05) is 6.61 Å². The number of fused-ring (bicyclic) bond motifs is 1. The van der Waals surface area contributed by atoms with Crippen molar-refractivity contribution < 1.29 is 57.7 Å². The number of Topliss-reactive ketones (excluding diaryl/α,β-unsaturated/α-hetero) is 2. The molecule has 6 nitrogen and oxygen atoms in total. The number of rotatable bonds is 6. The number of ether oxygens (including phenoxy) is 1. The molecule has 0 saturated heterocycles. The molecular weight excluding hydrogens is 417 g/mol. The molecule has 0 bridgehead atoms. The quantitative estimate of drug-likeness (QED) is 0.302. The van der Waals surface area contributed by atoms with Gasteiger partial charge in [-0.3, -0.25) is 18.5 Å². The molecule has 14 heteroatoms. The molecule has 0 unspecified atom stereocenters. The van der Waals surface area contributed by atoms with E-state index in [1.807, 2.05) is 0 Å². The summed E-state index contributed by atoms with van der Waals surface area (Å²) in [5.74, 6) is -8.36. The van der Waals surface area contributed by atoms with Crippen molar-refractivity contribution in [2.45, 2.75) is 23.6 Å². The van der Waals surface area contributed by atoms with Crippen molar-refractivity contribution in [3.63, 3.8) is 0 Å². The molecule has 0 fully saturated rings. The fourth-order valence-corrected chi connectivity index (χ4v) is 2.39. The van der Waals surface area contributed by atoms with Gasteiger partial charge in [0, 0.05) is 11.1 Å². The van der Waals surface area contributed by atoms with Crippen molar-refractivity contribution >= 4 is 21.7 Å². The summed E-state index contributed by atoms with van der Waals surface area (Å²) in [5, 5.41) is 0. The summed E-state index contributed by atoms with van der Waals surface area (Å²) in [7, 11) is -6.59. The van der Waals surface area contributed by atoms with Crippen LogP contribution in [0, 0.1) is 0 Å². The normalized spacial score (nSPS) is 16.7. The third kappa shape index (κ3) is 3.82. The standard InChI is InChI=1S/C13H7F7O6S/c14-11(15,5-25-27(23,24)13(18,19)20)12(16,17)26-10-8(21)6-3-1-2-4-7(6)9(10)22/h1-4,10H,5H2. The molecule has 2 rings (SSSR count). The first-order chi connectivity index (χ1) is 12.1. The van der Waals surface area contributed by atoms with Gasteiger partial charge in [-0.05, 0) is 0 Å². The van der Waals surface area contributed by atoms with E-state index < -0.39 is 51.9 Å². The van der Waals surface area contributed by atoms with E-state index in [0.717, 1.165) is 12.1 Å². The maximum absolute atomic E-state index is 13.7. The summed E-state index contributed by atoms with van der Waals surface area (Å²) < 4.78 is 118. The minimum absolute atomic E-state index is 0.373. The topological polar surface area (TPSA) is 86.7 Å².